The van der Waals surface area contributed by atoms with Gasteiger partial charge in [-0.15, -0.1) is 0 Å². The van der Waals surface area contributed by atoms with Gasteiger partial charge in [-0.2, -0.15) is 0 Å². The van der Waals surface area contributed by atoms with Crippen LogP contribution in [0, 0.1) is 13.7 Å². The van der Waals surface area contributed by atoms with Crippen LogP contribution in [0.25, 0.3) is 0 Å². The number of benzene rings is 2. The summed E-state index contributed by atoms with van der Waals surface area (Å²) in [7, 11) is 0. The Labute approximate surface area is 130 Å². The molecule has 1 atom stereocenters. The Balaban J connectivity index is 2.06. The van der Waals surface area contributed by atoms with Crippen LogP contribution < -0.4 is 4.90 Å². The third-order valence-corrected chi connectivity index (χ3v) is 4.48. The Morgan fingerprint density at radius 3 is 2.75 bits per heavy atom. The average Bonchev–Trinajstić information content (AvgIpc) is 2.73. The summed E-state index contributed by atoms with van der Waals surface area (Å²) in [6.45, 7) is 2.17. The lowest BCUT2D eigenvalue weighted by atomic mass is 10.1. The standard InChI is InChI=1S/C15H13IN2O2/c1-10-8-11-4-2-3-5-14(11)17(10)12-6-7-15(18(19)20)13(16)9-12/h2-7,9-10H,8H2,1H3. The number of para-hydroxylation sites is 1. The van der Waals surface area contributed by atoms with Crippen molar-refractivity contribution < 1.29 is 4.92 Å². The highest BCUT2D eigenvalue weighted by Crippen LogP contribution is 2.39. The van der Waals surface area contributed by atoms with Gasteiger partial charge in [0.2, 0.25) is 0 Å². The fourth-order valence-corrected chi connectivity index (χ4v) is 3.45. The zero-order valence-corrected chi connectivity index (χ0v) is 13.1. The molecule has 102 valence electrons. The van der Waals surface area contributed by atoms with E-state index in [1.165, 1.54) is 11.3 Å². The topological polar surface area (TPSA) is 46.4 Å². The first-order valence-electron chi connectivity index (χ1n) is 6.39. The molecule has 0 bridgehead atoms. The van der Waals surface area contributed by atoms with E-state index in [9.17, 15) is 10.1 Å². The molecule has 2 aromatic rings. The number of nitrogens with zero attached hydrogens (tertiary/aromatic N) is 2. The van der Waals surface area contributed by atoms with Crippen molar-refractivity contribution in [1.82, 2.24) is 0 Å². The highest BCUT2D eigenvalue weighted by Gasteiger charge is 2.27. The van der Waals surface area contributed by atoms with E-state index in [4.69, 9.17) is 0 Å². The van der Waals surface area contributed by atoms with Crippen molar-refractivity contribution in [2.24, 2.45) is 0 Å². The highest BCUT2D eigenvalue weighted by atomic mass is 127. The van der Waals surface area contributed by atoms with Crippen molar-refractivity contribution in [3.05, 3.63) is 61.7 Å². The summed E-state index contributed by atoms with van der Waals surface area (Å²) in [6.07, 6.45) is 1.00. The maximum absolute atomic E-state index is 10.9. The van der Waals surface area contributed by atoms with Crippen LogP contribution in [0.3, 0.4) is 0 Å². The lowest BCUT2D eigenvalue weighted by Gasteiger charge is -2.25. The van der Waals surface area contributed by atoms with E-state index < -0.39 is 0 Å². The molecule has 1 aliphatic heterocycles. The summed E-state index contributed by atoms with van der Waals surface area (Å²) in [6, 6.07) is 14.0. The Bertz CT molecular complexity index is 687. The van der Waals surface area contributed by atoms with Crippen LogP contribution in [-0.4, -0.2) is 11.0 Å². The summed E-state index contributed by atoms with van der Waals surface area (Å²) in [5.74, 6) is 0. The molecule has 0 fully saturated rings. The van der Waals surface area contributed by atoms with Crippen molar-refractivity contribution in [3.8, 4) is 0 Å². The van der Waals surface area contributed by atoms with Gasteiger partial charge in [0.25, 0.3) is 5.69 Å². The van der Waals surface area contributed by atoms with Gasteiger partial charge in [0.1, 0.15) is 0 Å². The van der Waals surface area contributed by atoms with Crippen LogP contribution in [0.1, 0.15) is 12.5 Å². The minimum atomic E-state index is -0.340. The van der Waals surface area contributed by atoms with Gasteiger partial charge in [0.05, 0.1) is 8.49 Å². The Morgan fingerprint density at radius 2 is 2.05 bits per heavy atom. The van der Waals surface area contributed by atoms with Crippen molar-refractivity contribution in [3.63, 3.8) is 0 Å². The first kappa shape index (κ1) is 13.4. The fourth-order valence-electron chi connectivity index (χ4n) is 2.75. The average molecular weight is 380 g/mol. The number of halogens is 1. The SMILES string of the molecule is CC1Cc2ccccc2N1c1ccc([N+](=O)[O-])c(I)c1. The number of hydrogen-bond acceptors (Lipinski definition) is 3. The number of fused-ring (bicyclic) bond motifs is 1. The number of nitro benzene ring substituents is 1. The first-order chi connectivity index (χ1) is 9.58. The molecule has 4 nitrogen and oxygen atoms in total. The van der Waals surface area contributed by atoms with Crippen LogP contribution in [0.5, 0.6) is 0 Å². The molecule has 0 aromatic heterocycles. The van der Waals surface area contributed by atoms with Crippen molar-refractivity contribution in [1.29, 1.82) is 0 Å². The van der Waals surface area contributed by atoms with E-state index in [0.29, 0.717) is 9.61 Å². The van der Waals surface area contributed by atoms with E-state index in [2.05, 4.69) is 30.0 Å². The highest BCUT2D eigenvalue weighted by molar-refractivity contribution is 14.1. The maximum atomic E-state index is 10.9. The summed E-state index contributed by atoms with van der Waals surface area (Å²) >= 11 is 2.03. The van der Waals surface area contributed by atoms with Gasteiger partial charge >= 0.3 is 0 Å². The summed E-state index contributed by atoms with van der Waals surface area (Å²) in [5.41, 5.74) is 3.70. The third-order valence-electron chi connectivity index (χ3n) is 3.61. The monoisotopic (exact) mass is 380 g/mol. The molecular weight excluding hydrogens is 367 g/mol. The normalized spacial score (nSPS) is 17.1. The zero-order valence-electron chi connectivity index (χ0n) is 10.9. The molecular formula is C15H13IN2O2. The van der Waals surface area contributed by atoms with Gasteiger partial charge in [-0.1, -0.05) is 18.2 Å². The van der Waals surface area contributed by atoms with Gasteiger partial charge in [-0.05, 0) is 59.7 Å². The molecule has 0 saturated carbocycles. The van der Waals surface area contributed by atoms with E-state index in [1.807, 2.05) is 40.8 Å². The Kier molecular flexibility index (Phi) is 3.37. The molecule has 3 rings (SSSR count). The van der Waals surface area contributed by atoms with E-state index in [-0.39, 0.29) is 10.6 Å². The molecule has 0 N–H and O–H groups in total. The summed E-state index contributed by atoms with van der Waals surface area (Å²) in [4.78, 5) is 12.8. The van der Waals surface area contributed by atoms with Gasteiger partial charge in [-0.25, -0.2) is 0 Å². The van der Waals surface area contributed by atoms with E-state index >= 15 is 0 Å². The Morgan fingerprint density at radius 1 is 1.30 bits per heavy atom. The maximum Gasteiger partial charge on any atom is 0.282 e. The van der Waals surface area contributed by atoms with Crippen molar-refractivity contribution in [2.75, 3.05) is 4.90 Å². The molecule has 0 radical (unpaired) electrons. The number of rotatable bonds is 2. The molecule has 5 heteroatoms. The van der Waals surface area contributed by atoms with E-state index in [0.717, 1.165) is 12.1 Å². The molecule has 20 heavy (non-hydrogen) atoms. The van der Waals surface area contributed by atoms with Crippen LogP contribution in [0.4, 0.5) is 17.1 Å². The largest absolute Gasteiger partial charge is 0.338 e. The van der Waals surface area contributed by atoms with Gasteiger partial charge in [0, 0.05) is 23.5 Å². The lowest BCUT2D eigenvalue weighted by Crippen LogP contribution is -2.23. The third kappa shape index (κ3) is 2.15. The fraction of sp³-hybridized carbons (Fsp3) is 0.200. The van der Waals surface area contributed by atoms with Crippen molar-refractivity contribution >= 4 is 39.7 Å². The Hall–Kier alpha value is -1.63. The molecule has 1 aliphatic rings. The van der Waals surface area contributed by atoms with E-state index in [1.54, 1.807) is 6.07 Å². The van der Waals surface area contributed by atoms with Crippen LogP contribution in [0.15, 0.2) is 42.5 Å². The lowest BCUT2D eigenvalue weighted by molar-refractivity contribution is -0.385. The smallest absolute Gasteiger partial charge is 0.282 e. The second kappa shape index (κ2) is 5.05. The molecule has 1 unspecified atom stereocenters. The minimum absolute atomic E-state index is 0.162. The van der Waals surface area contributed by atoms with Crippen molar-refractivity contribution in [2.45, 2.75) is 19.4 Å². The number of hydrogen-bond donors (Lipinski definition) is 0. The summed E-state index contributed by atoms with van der Waals surface area (Å²) in [5, 5.41) is 10.9. The first-order valence-corrected chi connectivity index (χ1v) is 7.47. The second-order valence-corrected chi connectivity index (χ2v) is 6.11. The molecule has 0 spiro atoms. The zero-order chi connectivity index (χ0) is 14.3. The quantitative estimate of drug-likeness (QED) is 0.444. The predicted octanol–water partition coefficient (Wildman–Crippen LogP) is 4.28. The van der Waals surface area contributed by atoms with Crippen LogP contribution in [0.2, 0.25) is 0 Å². The van der Waals surface area contributed by atoms with Gasteiger partial charge < -0.3 is 4.90 Å². The molecule has 0 saturated heterocycles. The second-order valence-electron chi connectivity index (χ2n) is 4.94. The molecule has 0 amide bonds. The van der Waals surface area contributed by atoms with Gasteiger partial charge in [0.15, 0.2) is 0 Å². The molecule has 1 heterocycles. The summed E-state index contributed by atoms with van der Waals surface area (Å²) < 4.78 is 0.668. The number of anilines is 2. The minimum Gasteiger partial charge on any atom is -0.338 e. The predicted molar refractivity (Wildman–Crippen MR) is 87.6 cm³/mol. The van der Waals surface area contributed by atoms with Gasteiger partial charge in [-0.3, -0.25) is 10.1 Å². The molecule has 0 aliphatic carbocycles. The molecule has 2 aromatic carbocycles. The number of nitro groups is 1. The van der Waals surface area contributed by atoms with Crippen LogP contribution >= 0.6 is 22.6 Å². The van der Waals surface area contributed by atoms with Crippen LogP contribution in [-0.2, 0) is 6.42 Å².